The third-order valence-electron chi connectivity index (χ3n) is 3.68. The number of rotatable bonds is 7. The average molecular weight is 339 g/mol. The lowest BCUT2D eigenvalue weighted by atomic mass is 9.75. The lowest BCUT2D eigenvalue weighted by Crippen LogP contribution is -2.36. The Hall–Kier alpha value is -1.29. The van der Waals surface area contributed by atoms with Crippen LogP contribution in [0.15, 0.2) is 28.7 Å². The van der Waals surface area contributed by atoms with E-state index in [4.69, 9.17) is 0 Å². The van der Waals surface area contributed by atoms with E-state index in [0.717, 1.165) is 10.0 Å². The van der Waals surface area contributed by atoms with E-state index in [1.54, 1.807) is 6.92 Å². The Morgan fingerprint density at radius 2 is 1.75 bits per heavy atom. The summed E-state index contributed by atoms with van der Waals surface area (Å²) >= 11 is 3.40. The Labute approximate surface area is 127 Å². The van der Waals surface area contributed by atoms with Crippen molar-refractivity contribution in [1.29, 1.82) is 0 Å². The molecular formula is C16H19BrO3. The molecule has 20 heavy (non-hydrogen) atoms. The molecule has 0 aliphatic rings. The summed E-state index contributed by atoms with van der Waals surface area (Å²) in [5, 5.41) is 0. The van der Waals surface area contributed by atoms with E-state index in [0.29, 0.717) is 0 Å². The summed E-state index contributed by atoms with van der Waals surface area (Å²) in [6, 6.07) is 7.45. The van der Waals surface area contributed by atoms with Crippen LogP contribution in [0, 0.1) is 5.41 Å². The predicted octanol–water partition coefficient (Wildman–Crippen LogP) is 3.53. The molecular weight excluding hydrogens is 320 g/mol. The minimum Gasteiger partial charge on any atom is -0.300 e. The number of carbonyl (C=O) groups excluding carboxylic acids is 3. The molecule has 3 nitrogen and oxygen atoms in total. The lowest BCUT2D eigenvalue weighted by molar-refractivity contribution is -0.138. The number of halogens is 1. The molecule has 0 aromatic heterocycles. The highest BCUT2D eigenvalue weighted by Crippen LogP contribution is 2.29. The molecule has 0 saturated heterocycles. The van der Waals surface area contributed by atoms with Gasteiger partial charge in [-0.2, -0.15) is 0 Å². The van der Waals surface area contributed by atoms with E-state index in [-0.39, 0.29) is 36.6 Å². The van der Waals surface area contributed by atoms with Crippen LogP contribution in [-0.4, -0.2) is 17.3 Å². The van der Waals surface area contributed by atoms with Crippen LogP contribution in [-0.2, 0) is 20.8 Å². The second kappa shape index (κ2) is 6.93. The molecule has 1 unspecified atom stereocenters. The highest BCUT2D eigenvalue weighted by Gasteiger charge is 2.37. The fraction of sp³-hybridized carbons (Fsp3) is 0.438. The molecule has 0 aliphatic heterocycles. The summed E-state index contributed by atoms with van der Waals surface area (Å²) < 4.78 is 0.853. The quantitative estimate of drug-likeness (QED) is 0.714. The largest absolute Gasteiger partial charge is 0.300 e. The van der Waals surface area contributed by atoms with E-state index in [9.17, 15) is 14.4 Å². The first-order chi connectivity index (χ1) is 9.27. The molecule has 0 spiro atoms. The van der Waals surface area contributed by atoms with E-state index in [1.807, 2.05) is 24.3 Å². The van der Waals surface area contributed by atoms with Gasteiger partial charge in [-0.3, -0.25) is 9.59 Å². The van der Waals surface area contributed by atoms with Crippen molar-refractivity contribution in [2.45, 2.75) is 40.0 Å². The summed E-state index contributed by atoms with van der Waals surface area (Å²) in [5.74, 6) is -0.333. The van der Waals surface area contributed by atoms with Gasteiger partial charge in [-0.15, -0.1) is 0 Å². The molecule has 0 saturated carbocycles. The molecule has 0 heterocycles. The van der Waals surface area contributed by atoms with Crippen molar-refractivity contribution < 1.29 is 14.4 Å². The van der Waals surface area contributed by atoms with Crippen LogP contribution in [0.2, 0.25) is 0 Å². The third kappa shape index (κ3) is 4.10. The lowest BCUT2D eigenvalue weighted by Gasteiger charge is -2.25. The van der Waals surface area contributed by atoms with Gasteiger partial charge in [-0.25, -0.2) is 0 Å². The molecule has 0 bridgehead atoms. The fourth-order valence-corrected chi connectivity index (χ4v) is 2.37. The van der Waals surface area contributed by atoms with E-state index in [1.165, 1.54) is 13.8 Å². The van der Waals surface area contributed by atoms with Crippen molar-refractivity contribution in [2.75, 3.05) is 0 Å². The molecule has 0 amide bonds. The monoisotopic (exact) mass is 338 g/mol. The smallest absolute Gasteiger partial charge is 0.150 e. The normalized spacial score (nSPS) is 13.6. The first-order valence-electron chi connectivity index (χ1n) is 6.54. The van der Waals surface area contributed by atoms with Crippen LogP contribution < -0.4 is 0 Å². The Morgan fingerprint density at radius 3 is 2.25 bits per heavy atom. The molecule has 0 fully saturated rings. The number of carbonyl (C=O) groups is 3. The Bertz CT molecular complexity index is 536. The van der Waals surface area contributed by atoms with Crippen LogP contribution in [0.25, 0.3) is 0 Å². The molecule has 1 aromatic rings. The van der Waals surface area contributed by atoms with Gasteiger partial charge in [0.25, 0.3) is 0 Å². The van der Waals surface area contributed by atoms with E-state index >= 15 is 0 Å². The molecule has 1 rings (SSSR count). The number of ketones is 3. The number of Topliss-reactive ketones (excluding diaryl/α,β-unsaturated/α-hetero) is 3. The molecule has 0 radical (unpaired) electrons. The maximum atomic E-state index is 12.5. The highest BCUT2D eigenvalue weighted by molar-refractivity contribution is 9.10. The minimum absolute atomic E-state index is 0.00818. The van der Waals surface area contributed by atoms with Gasteiger partial charge in [0.2, 0.25) is 0 Å². The molecule has 1 atom stereocenters. The second-order valence-corrected chi connectivity index (χ2v) is 6.14. The number of hydrogen-bond donors (Lipinski definition) is 0. The van der Waals surface area contributed by atoms with Gasteiger partial charge < -0.3 is 4.79 Å². The van der Waals surface area contributed by atoms with Gasteiger partial charge in [0.15, 0.2) is 5.78 Å². The number of hydrogen-bond acceptors (Lipinski definition) is 3. The third-order valence-corrected chi connectivity index (χ3v) is 4.45. The zero-order chi connectivity index (χ0) is 15.3. The zero-order valence-electron chi connectivity index (χ0n) is 12.0. The average Bonchev–Trinajstić information content (AvgIpc) is 2.38. The van der Waals surface area contributed by atoms with Crippen molar-refractivity contribution in [2.24, 2.45) is 5.41 Å². The van der Waals surface area contributed by atoms with Crippen molar-refractivity contribution >= 4 is 33.3 Å². The summed E-state index contributed by atoms with van der Waals surface area (Å²) in [5.41, 5.74) is -0.228. The Kier molecular flexibility index (Phi) is 5.81. The first-order valence-corrected chi connectivity index (χ1v) is 7.34. The van der Waals surface area contributed by atoms with Crippen LogP contribution in [0.3, 0.4) is 0 Å². The summed E-state index contributed by atoms with van der Waals surface area (Å²) in [7, 11) is 0. The van der Waals surface area contributed by atoms with Crippen LogP contribution in [0.5, 0.6) is 0 Å². The summed E-state index contributed by atoms with van der Waals surface area (Å²) in [4.78, 5) is 35.5. The topological polar surface area (TPSA) is 51.2 Å². The van der Waals surface area contributed by atoms with Gasteiger partial charge in [-0.1, -0.05) is 34.1 Å². The molecule has 0 N–H and O–H groups in total. The van der Waals surface area contributed by atoms with Gasteiger partial charge in [-0.05, 0) is 38.8 Å². The van der Waals surface area contributed by atoms with Crippen LogP contribution in [0.1, 0.15) is 39.2 Å². The van der Waals surface area contributed by atoms with Gasteiger partial charge >= 0.3 is 0 Å². The Morgan fingerprint density at radius 1 is 1.15 bits per heavy atom. The second-order valence-electron chi connectivity index (χ2n) is 5.28. The Balaban J connectivity index is 2.92. The van der Waals surface area contributed by atoms with Gasteiger partial charge in [0, 0.05) is 17.3 Å². The van der Waals surface area contributed by atoms with Gasteiger partial charge in [0.1, 0.15) is 11.6 Å². The highest BCUT2D eigenvalue weighted by atomic mass is 79.9. The maximum absolute atomic E-state index is 12.5. The maximum Gasteiger partial charge on any atom is 0.150 e. The van der Waals surface area contributed by atoms with Crippen LogP contribution in [0.4, 0.5) is 0 Å². The minimum atomic E-state index is -1.08. The molecule has 0 aliphatic carbocycles. The van der Waals surface area contributed by atoms with Crippen molar-refractivity contribution in [3.8, 4) is 0 Å². The zero-order valence-corrected chi connectivity index (χ0v) is 13.6. The van der Waals surface area contributed by atoms with E-state index in [2.05, 4.69) is 15.9 Å². The first kappa shape index (κ1) is 16.8. The number of benzene rings is 1. The standard InChI is InChI=1S/C16H19BrO3/c1-11(18)8-9-16(3,12(2)19)15(20)10-13-6-4-5-7-14(13)17/h4-7H,8-10H2,1-3H3. The van der Waals surface area contributed by atoms with Crippen molar-refractivity contribution in [1.82, 2.24) is 0 Å². The summed E-state index contributed by atoms with van der Waals surface area (Å²) in [6.07, 6.45) is 0.716. The fourth-order valence-electron chi connectivity index (χ4n) is 1.95. The van der Waals surface area contributed by atoms with E-state index < -0.39 is 5.41 Å². The molecule has 4 heteroatoms. The SMILES string of the molecule is CC(=O)CCC(C)(C(C)=O)C(=O)Cc1ccccc1Br. The predicted molar refractivity (Wildman–Crippen MR) is 81.6 cm³/mol. The molecule has 108 valence electrons. The van der Waals surface area contributed by atoms with Crippen LogP contribution >= 0.6 is 15.9 Å². The van der Waals surface area contributed by atoms with Gasteiger partial charge in [0.05, 0.1) is 5.41 Å². The van der Waals surface area contributed by atoms with Crippen molar-refractivity contribution in [3.63, 3.8) is 0 Å². The van der Waals surface area contributed by atoms with Crippen molar-refractivity contribution in [3.05, 3.63) is 34.3 Å². The molecule has 1 aromatic carbocycles. The summed E-state index contributed by atoms with van der Waals surface area (Å²) in [6.45, 7) is 4.52.